The third-order valence-electron chi connectivity index (χ3n) is 11.3. The summed E-state index contributed by atoms with van der Waals surface area (Å²) in [6.45, 7) is 23.8. The molecule has 4 amide bonds. The van der Waals surface area contributed by atoms with Crippen molar-refractivity contribution in [2.75, 3.05) is 112 Å². The van der Waals surface area contributed by atoms with Gasteiger partial charge in [-0.1, -0.05) is 24.2 Å². The topological polar surface area (TPSA) is 375 Å². The Morgan fingerprint density at radius 3 is 1.35 bits per heavy atom. The van der Waals surface area contributed by atoms with Gasteiger partial charge in [-0.15, -0.1) is 17.4 Å². The Morgan fingerprint density at radius 2 is 0.957 bits per heavy atom. The van der Waals surface area contributed by atoms with E-state index in [2.05, 4.69) is 48.0 Å². The first-order valence-corrected chi connectivity index (χ1v) is 30.0. The summed E-state index contributed by atoms with van der Waals surface area (Å²) in [5.74, 6) is 1.59. The molecule has 0 bridgehead atoms. The van der Waals surface area contributed by atoms with Crippen molar-refractivity contribution in [3.8, 4) is 23.8 Å². The maximum absolute atomic E-state index is 12.1. The molecule has 4 N–H and O–H groups in total. The van der Waals surface area contributed by atoms with Crippen molar-refractivity contribution in [3.05, 3.63) is 82.0 Å². The Bertz CT molecular complexity index is 2700. The largest absolute Gasteiger partial charge is 0.491 e. The predicted molar refractivity (Wildman–Crippen MR) is 334 cm³/mol. The first-order chi connectivity index (χ1) is 43.8. The standard InChI is InChI=1S/C31H47N5O10.C20H31N5O7.C11H16O3/c1-23(6-7-24(2)37)29(39)45-14-12-26-22-36(35-32-26)13-15-41-16-17-42-18-19-43-20-21-44-27-10-8-25(9-11-27)28(38)33-34-30(40)46-31(3,4)5;1-20(2,3)32-19(27)24-23-18(26)16-4-6-17(7-5-16)31-15-14-30-13-12-29-11-10-28-9-8-22-25-21;1-4-5-8-14-11(13)9(2)6-7-10(3)12/h8-11,22-23H,6-7,12-21H2,1-5H3,(H,33,38)(H,34,40);4-7H,8-15H2,1-3H3,(H,23,26)(H,24,27);1,9H,5-8H2,2-3H3. The molecular weight excluding hydrogens is 1200 g/mol. The molecule has 30 nitrogen and oxygen atoms in total. The van der Waals surface area contributed by atoms with Crippen molar-refractivity contribution >= 4 is 47.5 Å². The molecule has 0 radical (unpaired) electrons. The first-order valence-electron chi connectivity index (χ1n) is 30.0. The van der Waals surface area contributed by atoms with Gasteiger partial charge in [0.1, 0.15) is 54.1 Å². The van der Waals surface area contributed by atoms with Crippen LogP contribution in [0.4, 0.5) is 9.59 Å². The van der Waals surface area contributed by atoms with Crippen LogP contribution < -0.4 is 31.2 Å². The van der Waals surface area contributed by atoms with Crippen LogP contribution in [0.15, 0.2) is 59.8 Å². The molecule has 2 atom stereocenters. The number of aromatic nitrogens is 3. The van der Waals surface area contributed by atoms with E-state index in [9.17, 15) is 38.4 Å². The number of azide groups is 1. The molecule has 3 rings (SSSR count). The Labute approximate surface area is 538 Å². The van der Waals surface area contributed by atoms with Crippen LogP contribution >= 0.6 is 0 Å². The highest BCUT2D eigenvalue weighted by Crippen LogP contribution is 2.15. The zero-order valence-corrected chi connectivity index (χ0v) is 54.7. The van der Waals surface area contributed by atoms with E-state index in [-0.39, 0.29) is 48.6 Å². The molecule has 0 spiro atoms. The minimum absolute atomic E-state index is 0.0579. The number of hydrogen-bond donors (Lipinski definition) is 4. The smallest absolute Gasteiger partial charge is 0.426 e. The number of Topliss-reactive ketones (excluding diaryl/α,β-unsaturated/α-hetero) is 2. The van der Waals surface area contributed by atoms with Crippen LogP contribution in [0, 0.1) is 24.2 Å². The van der Waals surface area contributed by atoms with Crippen LogP contribution in [-0.4, -0.2) is 186 Å². The van der Waals surface area contributed by atoms with Gasteiger partial charge < -0.3 is 66.4 Å². The van der Waals surface area contributed by atoms with E-state index in [1.54, 1.807) is 115 Å². The maximum Gasteiger partial charge on any atom is 0.426 e. The fraction of sp³-hybridized carbons (Fsp3) is 0.613. The fourth-order valence-electron chi connectivity index (χ4n) is 6.59. The van der Waals surface area contributed by atoms with Gasteiger partial charge in [-0.3, -0.25) is 30.0 Å². The zero-order valence-electron chi connectivity index (χ0n) is 54.7. The lowest BCUT2D eigenvalue weighted by Gasteiger charge is -2.19. The number of terminal acetylenes is 1. The molecule has 512 valence electrons. The van der Waals surface area contributed by atoms with Crippen LogP contribution in [0.3, 0.4) is 0 Å². The Hall–Kier alpha value is -8.43. The molecule has 2 aromatic carbocycles. The van der Waals surface area contributed by atoms with E-state index in [1.165, 1.54) is 13.8 Å². The Morgan fingerprint density at radius 1 is 0.565 bits per heavy atom. The van der Waals surface area contributed by atoms with E-state index in [4.69, 9.17) is 68.8 Å². The lowest BCUT2D eigenvalue weighted by Crippen LogP contribution is -2.44. The molecule has 92 heavy (non-hydrogen) atoms. The van der Waals surface area contributed by atoms with Crippen LogP contribution in [0.5, 0.6) is 11.5 Å². The second-order valence-corrected chi connectivity index (χ2v) is 21.8. The van der Waals surface area contributed by atoms with Crippen molar-refractivity contribution in [1.29, 1.82) is 0 Å². The molecule has 1 aromatic heterocycles. The summed E-state index contributed by atoms with van der Waals surface area (Å²) < 4.78 is 65.6. The molecular formula is C62H94N10O20. The van der Waals surface area contributed by atoms with E-state index < -0.39 is 35.2 Å². The number of esters is 2. The summed E-state index contributed by atoms with van der Waals surface area (Å²) in [7, 11) is 0. The third kappa shape index (κ3) is 45.8. The van der Waals surface area contributed by atoms with Gasteiger partial charge in [-0.25, -0.2) is 25.1 Å². The third-order valence-corrected chi connectivity index (χ3v) is 11.3. The number of rotatable bonds is 41. The highest BCUT2D eigenvalue weighted by molar-refractivity contribution is 5.95. The van der Waals surface area contributed by atoms with Crippen molar-refractivity contribution in [2.45, 2.75) is 126 Å². The molecule has 0 saturated carbocycles. The van der Waals surface area contributed by atoms with Gasteiger partial charge in [-0.2, -0.15) is 0 Å². The van der Waals surface area contributed by atoms with Crippen molar-refractivity contribution < 1.29 is 95.2 Å². The number of hydrazine groups is 2. The second-order valence-electron chi connectivity index (χ2n) is 21.8. The minimum Gasteiger partial charge on any atom is -0.491 e. The molecule has 0 aliphatic heterocycles. The van der Waals surface area contributed by atoms with Gasteiger partial charge in [0, 0.05) is 54.5 Å². The van der Waals surface area contributed by atoms with Crippen LogP contribution in [0.2, 0.25) is 0 Å². The summed E-state index contributed by atoms with van der Waals surface area (Å²) in [6, 6.07) is 12.9. The number of benzene rings is 2. The van der Waals surface area contributed by atoms with Crippen LogP contribution in [-0.2, 0) is 79.5 Å². The molecule has 0 aliphatic rings. The molecule has 3 aromatic rings. The molecule has 0 saturated heterocycles. The minimum atomic E-state index is -0.751. The van der Waals surface area contributed by atoms with E-state index >= 15 is 0 Å². The highest BCUT2D eigenvalue weighted by atomic mass is 16.6. The number of nitrogens with one attached hydrogen (secondary N) is 4. The van der Waals surface area contributed by atoms with E-state index in [0.717, 1.165) is 0 Å². The first kappa shape index (κ1) is 81.6. The molecule has 0 fully saturated rings. The number of amides is 4. The predicted octanol–water partition coefficient (Wildman–Crippen LogP) is 6.82. The van der Waals surface area contributed by atoms with Gasteiger partial charge in [0.2, 0.25) is 0 Å². The number of carbonyl (C=O) groups excluding carboxylic acids is 8. The van der Waals surface area contributed by atoms with Crippen LogP contribution in [0.1, 0.15) is 128 Å². The molecule has 0 aliphatic carbocycles. The lowest BCUT2D eigenvalue weighted by atomic mass is 10.0. The van der Waals surface area contributed by atoms with Crippen LogP contribution in [0.25, 0.3) is 10.4 Å². The SMILES string of the molecule is C#CCCOC(=O)C(C)CCC(C)=O.CC(=O)CCC(C)C(=O)OCCc1cn(CCOCCOCCOCCOc2ccc(C(=O)NNC(=O)OC(C)(C)C)cc2)nn1.CC(C)(C)OC(=O)NNC(=O)c1ccc(OCCOCCOCCOCCN=[N+]=[N-])cc1. The highest BCUT2D eigenvalue weighted by Gasteiger charge is 2.20. The van der Waals surface area contributed by atoms with E-state index in [1.807, 2.05) is 0 Å². The van der Waals surface area contributed by atoms with Crippen molar-refractivity contribution in [2.24, 2.45) is 17.0 Å². The summed E-state index contributed by atoms with van der Waals surface area (Å²) in [5, 5.41) is 11.5. The van der Waals surface area contributed by atoms with Gasteiger partial charge in [0.05, 0.1) is 110 Å². The number of nitrogens with zero attached hydrogens (tertiary/aromatic N) is 6. The van der Waals surface area contributed by atoms with Crippen molar-refractivity contribution in [1.82, 2.24) is 36.7 Å². The average molecular weight is 1300 g/mol. The van der Waals surface area contributed by atoms with Gasteiger partial charge in [-0.05, 0) is 122 Å². The molecule has 2 unspecified atom stereocenters. The van der Waals surface area contributed by atoms with Gasteiger partial charge >= 0.3 is 24.1 Å². The van der Waals surface area contributed by atoms with Crippen molar-refractivity contribution in [3.63, 3.8) is 0 Å². The zero-order chi connectivity index (χ0) is 68.4. The quantitative estimate of drug-likeness (QED) is 0.00661. The summed E-state index contributed by atoms with van der Waals surface area (Å²) in [5.41, 5.74) is 17.1. The van der Waals surface area contributed by atoms with Gasteiger partial charge in [0.15, 0.2) is 0 Å². The lowest BCUT2D eigenvalue weighted by molar-refractivity contribution is -0.149. The number of ketones is 2. The summed E-state index contributed by atoms with van der Waals surface area (Å²) >= 11 is 0. The monoisotopic (exact) mass is 1300 g/mol. The second kappa shape index (κ2) is 49.3. The number of ether oxygens (including phenoxy) is 12. The molecule has 30 heteroatoms. The Kier molecular flexibility index (Phi) is 43.7. The van der Waals surface area contributed by atoms with Gasteiger partial charge in [0.25, 0.3) is 11.8 Å². The number of carbonyl (C=O) groups is 8. The normalized spacial score (nSPS) is 11.4. The fourth-order valence-corrected chi connectivity index (χ4v) is 6.59. The maximum atomic E-state index is 12.1. The average Bonchev–Trinajstić information content (AvgIpc) is 3.68. The van der Waals surface area contributed by atoms with E-state index in [0.29, 0.717) is 172 Å². The Balaban J connectivity index is 0.000000792. The summed E-state index contributed by atoms with van der Waals surface area (Å²) in [4.78, 5) is 94.9. The number of hydrogen-bond acceptors (Lipinski definition) is 23. The summed E-state index contributed by atoms with van der Waals surface area (Å²) in [6.07, 6.45) is 8.02. The molecule has 1 heterocycles.